The number of carbonyl (C=O) groups excluding carboxylic acids is 1. The number of hydrogen-bond donors (Lipinski definition) is 2. The number of carbonyl (C=O) groups is 1. The first-order chi connectivity index (χ1) is 12.0. The number of anilines is 2. The summed E-state index contributed by atoms with van der Waals surface area (Å²) in [5.74, 6) is 0.000514. The maximum atomic E-state index is 12.8. The summed E-state index contributed by atoms with van der Waals surface area (Å²) in [4.78, 5) is 14.7. The maximum Gasteiger partial charge on any atom is 0.274 e. The quantitative estimate of drug-likeness (QED) is 0.826. The van der Waals surface area contributed by atoms with E-state index in [2.05, 4.69) is 15.7 Å². The summed E-state index contributed by atoms with van der Waals surface area (Å²) >= 11 is 5.39. The van der Waals surface area contributed by atoms with Gasteiger partial charge in [-0.1, -0.05) is 12.1 Å². The Morgan fingerprint density at radius 2 is 1.96 bits per heavy atom. The SMILES string of the molecule is Cc1cccc(NC(=S)Nc2cnn(C)c2C(=O)N2CCCCC2)c1. The van der Waals surface area contributed by atoms with E-state index in [1.54, 1.807) is 17.9 Å². The second kappa shape index (κ2) is 7.65. The average molecular weight is 357 g/mol. The van der Waals surface area contributed by atoms with Crippen molar-refractivity contribution in [3.63, 3.8) is 0 Å². The lowest BCUT2D eigenvalue weighted by molar-refractivity contribution is 0.0714. The van der Waals surface area contributed by atoms with Crippen molar-refractivity contribution in [2.75, 3.05) is 23.7 Å². The van der Waals surface area contributed by atoms with Crippen LogP contribution in [0, 0.1) is 6.92 Å². The third kappa shape index (κ3) is 4.17. The molecule has 7 heteroatoms. The lowest BCUT2D eigenvalue weighted by atomic mass is 10.1. The van der Waals surface area contributed by atoms with Crippen molar-refractivity contribution in [1.29, 1.82) is 0 Å². The Bertz CT molecular complexity index is 780. The smallest absolute Gasteiger partial charge is 0.274 e. The number of likely N-dealkylation sites (tertiary alicyclic amines) is 1. The fourth-order valence-corrected chi connectivity index (χ4v) is 3.26. The van der Waals surface area contributed by atoms with E-state index in [-0.39, 0.29) is 5.91 Å². The Morgan fingerprint density at radius 3 is 2.68 bits per heavy atom. The minimum atomic E-state index is 0.000514. The molecule has 132 valence electrons. The first-order valence-electron chi connectivity index (χ1n) is 8.50. The van der Waals surface area contributed by atoms with Crippen LogP contribution < -0.4 is 10.6 Å². The average Bonchev–Trinajstić information content (AvgIpc) is 2.95. The Kier molecular flexibility index (Phi) is 5.33. The fourth-order valence-electron chi connectivity index (χ4n) is 3.04. The van der Waals surface area contributed by atoms with E-state index < -0.39 is 0 Å². The zero-order chi connectivity index (χ0) is 17.8. The second-order valence-corrected chi connectivity index (χ2v) is 6.74. The first-order valence-corrected chi connectivity index (χ1v) is 8.91. The van der Waals surface area contributed by atoms with Crippen LogP contribution in [0.2, 0.25) is 0 Å². The molecule has 1 aliphatic heterocycles. The van der Waals surface area contributed by atoms with Crippen LogP contribution in [0.25, 0.3) is 0 Å². The van der Waals surface area contributed by atoms with E-state index >= 15 is 0 Å². The summed E-state index contributed by atoms with van der Waals surface area (Å²) in [5, 5.41) is 10.9. The molecule has 1 fully saturated rings. The minimum absolute atomic E-state index is 0.000514. The normalized spacial score (nSPS) is 14.2. The van der Waals surface area contributed by atoms with E-state index in [0.717, 1.165) is 37.2 Å². The van der Waals surface area contributed by atoms with E-state index in [4.69, 9.17) is 12.2 Å². The van der Waals surface area contributed by atoms with Crippen molar-refractivity contribution < 1.29 is 4.79 Å². The van der Waals surface area contributed by atoms with Crippen molar-refractivity contribution in [3.05, 3.63) is 41.7 Å². The van der Waals surface area contributed by atoms with Crippen LogP contribution in [0.3, 0.4) is 0 Å². The summed E-state index contributed by atoms with van der Waals surface area (Å²) in [7, 11) is 1.78. The third-order valence-electron chi connectivity index (χ3n) is 4.31. The maximum absolute atomic E-state index is 12.8. The molecule has 0 radical (unpaired) electrons. The Labute approximate surface area is 153 Å². The van der Waals surface area contributed by atoms with E-state index in [0.29, 0.717) is 16.5 Å². The van der Waals surface area contributed by atoms with Crippen molar-refractivity contribution in [2.24, 2.45) is 7.05 Å². The molecule has 1 aliphatic rings. The van der Waals surface area contributed by atoms with Gasteiger partial charge in [-0.2, -0.15) is 5.10 Å². The molecular weight excluding hydrogens is 334 g/mol. The number of hydrogen-bond acceptors (Lipinski definition) is 3. The fraction of sp³-hybridized carbons (Fsp3) is 0.389. The number of nitrogens with one attached hydrogen (secondary N) is 2. The standard InChI is InChI=1S/C18H23N5OS/c1-13-7-6-8-14(11-13)20-18(25)21-15-12-19-22(2)16(15)17(24)23-9-4-3-5-10-23/h6-8,11-12H,3-5,9-10H2,1-2H3,(H2,20,21,25). The topological polar surface area (TPSA) is 62.2 Å². The van der Waals surface area contributed by atoms with Gasteiger partial charge in [0.05, 0.1) is 11.9 Å². The molecule has 2 heterocycles. The van der Waals surface area contributed by atoms with Crippen LogP contribution in [0.15, 0.2) is 30.5 Å². The van der Waals surface area contributed by atoms with Gasteiger partial charge in [0.25, 0.3) is 5.91 Å². The molecule has 2 aromatic rings. The molecule has 1 amide bonds. The molecule has 0 spiro atoms. The van der Waals surface area contributed by atoms with Crippen LogP contribution in [0.4, 0.5) is 11.4 Å². The van der Waals surface area contributed by atoms with Crippen LogP contribution in [0.1, 0.15) is 35.3 Å². The number of nitrogens with zero attached hydrogens (tertiary/aromatic N) is 3. The number of thiocarbonyl (C=S) groups is 1. The van der Waals surface area contributed by atoms with Crippen LogP contribution >= 0.6 is 12.2 Å². The Morgan fingerprint density at radius 1 is 1.20 bits per heavy atom. The van der Waals surface area contributed by atoms with Gasteiger partial charge in [0.15, 0.2) is 5.11 Å². The van der Waals surface area contributed by atoms with Crippen molar-refractivity contribution in [2.45, 2.75) is 26.2 Å². The van der Waals surface area contributed by atoms with Crippen molar-refractivity contribution in [3.8, 4) is 0 Å². The van der Waals surface area contributed by atoms with Gasteiger partial charge in [0.1, 0.15) is 5.69 Å². The predicted molar refractivity (Wildman–Crippen MR) is 104 cm³/mol. The molecule has 25 heavy (non-hydrogen) atoms. The number of benzene rings is 1. The van der Waals surface area contributed by atoms with E-state index in [9.17, 15) is 4.79 Å². The highest BCUT2D eigenvalue weighted by molar-refractivity contribution is 7.80. The minimum Gasteiger partial charge on any atom is -0.337 e. The monoisotopic (exact) mass is 357 g/mol. The summed E-state index contributed by atoms with van der Waals surface area (Å²) in [6.07, 6.45) is 4.94. The van der Waals surface area contributed by atoms with Gasteiger partial charge in [-0.25, -0.2) is 0 Å². The molecule has 1 aromatic heterocycles. The first kappa shape index (κ1) is 17.4. The van der Waals surface area contributed by atoms with Gasteiger partial charge >= 0.3 is 0 Å². The number of aryl methyl sites for hydroxylation is 2. The molecular formula is C18H23N5OS. The van der Waals surface area contributed by atoms with Crippen molar-refractivity contribution >= 4 is 34.6 Å². The molecule has 1 aromatic carbocycles. The van der Waals surface area contributed by atoms with E-state index in [1.165, 1.54) is 6.42 Å². The molecule has 0 aliphatic carbocycles. The number of rotatable bonds is 3. The molecule has 0 unspecified atom stereocenters. The van der Waals surface area contributed by atoms with Crippen LogP contribution in [-0.2, 0) is 7.05 Å². The van der Waals surface area contributed by atoms with Gasteiger partial charge in [-0.05, 0) is 56.1 Å². The Balaban J connectivity index is 1.72. The summed E-state index contributed by atoms with van der Waals surface area (Å²) in [6, 6.07) is 7.95. The number of aromatic nitrogens is 2. The van der Waals surface area contributed by atoms with Gasteiger partial charge < -0.3 is 15.5 Å². The predicted octanol–water partition coefficient (Wildman–Crippen LogP) is 3.16. The molecule has 0 bridgehead atoms. The van der Waals surface area contributed by atoms with Gasteiger partial charge in [0, 0.05) is 25.8 Å². The zero-order valence-electron chi connectivity index (χ0n) is 14.6. The van der Waals surface area contributed by atoms with Gasteiger partial charge in [0.2, 0.25) is 0 Å². The summed E-state index contributed by atoms with van der Waals surface area (Å²) in [6.45, 7) is 3.63. The number of piperidine rings is 1. The van der Waals surface area contributed by atoms with Crippen LogP contribution in [0.5, 0.6) is 0 Å². The summed E-state index contributed by atoms with van der Waals surface area (Å²) < 4.78 is 1.61. The number of amides is 1. The largest absolute Gasteiger partial charge is 0.337 e. The lowest BCUT2D eigenvalue weighted by Gasteiger charge is -2.27. The summed E-state index contributed by atoms with van der Waals surface area (Å²) in [5.41, 5.74) is 3.22. The third-order valence-corrected chi connectivity index (χ3v) is 4.51. The Hall–Kier alpha value is -2.41. The van der Waals surface area contributed by atoms with Crippen LogP contribution in [-0.4, -0.2) is 38.8 Å². The highest BCUT2D eigenvalue weighted by atomic mass is 32.1. The van der Waals surface area contributed by atoms with Gasteiger partial charge in [-0.15, -0.1) is 0 Å². The molecule has 0 atom stereocenters. The second-order valence-electron chi connectivity index (χ2n) is 6.33. The van der Waals surface area contributed by atoms with Crippen molar-refractivity contribution in [1.82, 2.24) is 14.7 Å². The molecule has 0 saturated carbocycles. The zero-order valence-corrected chi connectivity index (χ0v) is 15.4. The van der Waals surface area contributed by atoms with Gasteiger partial charge in [-0.3, -0.25) is 9.48 Å². The van der Waals surface area contributed by atoms with E-state index in [1.807, 2.05) is 36.1 Å². The molecule has 1 saturated heterocycles. The lowest BCUT2D eigenvalue weighted by Crippen LogP contribution is -2.37. The molecule has 3 rings (SSSR count). The highest BCUT2D eigenvalue weighted by Crippen LogP contribution is 2.20. The highest BCUT2D eigenvalue weighted by Gasteiger charge is 2.24. The molecule has 2 N–H and O–H groups in total. The molecule has 6 nitrogen and oxygen atoms in total.